The highest BCUT2D eigenvalue weighted by atomic mass is 16.5. The molecule has 29 heavy (non-hydrogen) atoms. The third-order valence-corrected chi connectivity index (χ3v) is 4.57. The number of ether oxygens (including phenoxy) is 3. The van der Waals surface area contributed by atoms with Crippen molar-refractivity contribution in [3.05, 3.63) is 48.8 Å². The molecule has 154 valence electrons. The quantitative estimate of drug-likeness (QED) is 0.754. The topological polar surface area (TPSA) is 101 Å². The van der Waals surface area contributed by atoms with Crippen molar-refractivity contribution < 1.29 is 28.9 Å². The number of carbonyl (C=O) groups excluding carboxylic acids is 1. The van der Waals surface area contributed by atoms with Crippen molar-refractivity contribution in [3.8, 4) is 17.2 Å². The van der Waals surface area contributed by atoms with Crippen molar-refractivity contribution in [3.63, 3.8) is 0 Å². The van der Waals surface area contributed by atoms with Crippen LogP contribution in [0.5, 0.6) is 17.2 Å². The molecule has 1 saturated heterocycles. The maximum absolute atomic E-state index is 12.7. The summed E-state index contributed by atoms with van der Waals surface area (Å²) in [4.78, 5) is 31.0. The number of carboxylic acid groups (broad SMARTS) is 1. The lowest BCUT2D eigenvalue weighted by Gasteiger charge is -2.40. The molecule has 1 unspecified atom stereocenters. The summed E-state index contributed by atoms with van der Waals surface area (Å²) in [5.74, 6) is 1.57. The van der Waals surface area contributed by atoms with E-state index in [1.165, 1.54) is 4.90 Å². The van der Waals surface area contributed by atoms with E-state index in [9.17, 15) is 14.7 Å². The van der Waals surface area contributed by atoms with E-state index >= 15 is 0 Å². The van der Waals surface area contributed by atoms with Gasteiger partial charge in [-0.25, -0.2) is 4.79 Å². The van der Waals surface area contributed by atoms with Crippen molar-refractivity contribution in [2.24, 2.45) is 0 Å². The monoisotopic (exact) mass is 401 g/mol. The maximum atomic E-state index is 12.7. The molecule has 1 aromatic carbocycles. The molecule has 0 saturated carbocycles. The first-order valence-electron chi connectivity index (χ1n) is 9.14. The van der Waals surface area contributed by atoms with Gasteiger partial charge in [0.05, 0.1) is 19.3 Å². The lowest BCUT2D eigenvalue weighted by molar-refractivity contribution is -0.139. The molecule has 1 aliphatic heterocycles. The van der Waals surface area contributed by atoms with Crippen molar-refractivity contribution in [1.29, 1.82) is 0 Å². The fraction of sp³-hybridized carbons (Fsp3) is 0.350. The Morgan fingerprint density at radius 2 is 1.86 bits per heavy atom. The molecule has 2 amide bonds. The number of rotatable bonds is 7. The highest BCUT2D eigenvalue weighted by molar-refractivity contribution is 5.78. The number of pyridine rings is 1. The number of methoxy groups -OCH3 is 1. The van der Waals surface area contributed by atoms with Gasteiger partial charge in [-0.2, -0.15) is 0 Å². The van der Waals surface area contributed by atoms with Crippen LogP contribution in [0.4, 0.5) is 4.79 Å². The smallest absolute Gasteiger partial charge is 0.407 e. The molecule has 2 heterocycles. The largest absolute Gasteiger partial charge is 0.497 e. The van der Waals surface area contributed by atoms with Crippen LogP contribution in [0.3, 0.4) is 0 Å². The summed E-state index contributed by atoms with van der Waals surface area (Å²) in [6, 6.07) is 10.0. The fourth-order valence-corrected chi connectivity index (χ4v) is 3.02. The summed E-state index contributed by atoms with van der Waals surface area (Å²) in [5.41, 5.74) is 0. The molecule has 0 aliphatic carbocycles. The Labute approximate surface area is 168 Å². The average Bonchev–Trinajstić information content (AvgIpc) is 2.76. The molecular weight excluding hydrogens is 378 g/mol. The van der Waals surface area contributed by atoms with Gasteiger partial charge in [0, 0.05) is 25.8 Å². The van der Waals surface area contributed by atoms with Crippen LogP contribution in [0.1, 0.15) is 0 Å². The summed E-state index contributed by atoms with van der Waals surface area (Å²) < 4.78 is 16.4. The highest BCUT2D eigenvalue weighted by Gasteiger charge is 2.33. The normalized spacial score (nSPS) is 16.2. The number of aromatic nitrogens is 1. The van der Waals surface area contributed by atoms with Gasteiger partial charge in [-0.15, -0.1) is 0 Å². The van der Waals surface area contributed by atoms with Gasteiger partial charge in [0.2, 0.25) is 0 Å². The minimum atomic E-state index is -1.02. The first-order chi connectivity index (χ1) is 14.1. The molecule has 1 atom stereocenters. The Kier molecular flexibility index (Phi) is 6.72. The van der Waals surface area contributed by atoms with Gasteiger partial charge in [-0.3, -0.25) is 9.78 Å². The summed E-state index contributed by atoms with van der Waals surface area (Å²) in [7, 11) is 1.57. The molecule has 1 N–H and O–H groups in total. The molecule has 9 heteroatoms. The van der Waals surface area contributed by atoms with Gasteiger partial charge in [-0.05, 0) is 36.4 Å². The molecule has 1 aliphatic rings. The van der Waals surface area contributed by atoms with Crippen molar-refractivity contribution in [2.75, 3.05) is 40.0 Å². The predicted molar refractivity (Wildman–Crippen MR) is 103 cm³/mol. The molecule has 9 nitrogen and oxygen atoms in total. The molecule has 0 radical (unpaired) electrons. The fourth-order valence-electron chi connectivity index (χ4n) is 3.02. The summed E-state index contributed by atoms with van der Waals surface area (Å²) >= 11 is 0. The lowest BCUT2D eigenvalue weighted by Crippen LogP contribution is -2.59. The number of carbonyl (C=O) groups is 2. The molecule has 0 spiro atoms. The summed E-state index contributed by atoms with van der Waals surface area (Å²) in [5, 5.41) is 9.30. The van der Waals surface area contributed by atoms with Crippen LogP contribution in [-0.2, 0) is 4.79 Å². The van der Waals surface area contributed by atoms with E-state index in [1.807, 2.05) is 0 Å². The van der Waals surface area contributed by atoms with Crippen molar-refractivity contribution in [2.45, 2.75) is 6.04 Å². The zero-order valence-electron chi connectivity index (χ0n) is 16.1. The number of piperazine rings is 1. The van der Waals surface area contributed by atoms with Gasteiger partial charge < -0.3 is 29.1 Å². The average molecular weight is 401 g/mol. The first kappa shape index (κ1) is 20.2. The van der Waals surface area contributed by atoms with Crippen molar-refractivity contribution in [1.82, 2.24) is 14.8 Å². The zero-order chi connectivity index (χ0) is 20.6. The van der Waals surface area contributed by atoms with Crippen molar-refractivity contribution >= 4 is 12.0 Å². The molecule has 1 fully saturated rings. The van der Waals surface area contributed by atoms with Gasteiger partial charge in [0.25, 0.3) is 5.91 Å². The molecular formula is C20H23N3O6. The molecule has 0 bridgehead atoms. The number of nitrogens with zero attached hydrogens (tertiary/aromatic N) is 3. The SMILES string of the molecule is COc1ccc(OCC(=O)N2CCN(C(=O)O)CC2COc2cccnc2)cc1. The Hall–Kier alpha value is -3.49. The van der Waals surface area contributed by atoms with E-state index < -0.39 is 12.1 Å². The van der Waals surface area contributed by atoms with Gasteiger partial charge in [0.15, 0.2) is 6.61 Å². The van der Waals surface area contributed by atoms with E-state index in [-0.39, 0.29) is 38.8 Å². The third kappa shape index (κ3) is 5.50. The summed E-state index contributed by atoms with van der Waals surface area (Å²) in [6.45, 7) is 0.696. The molecule has 2 aromatic rings. The minimum Gasteiger partial charge on any atom is -0.497 e. The van der Waals surface area contributed by atoms with E-state index in [4.69, 9.17) is 14.2 Å². The Bertz CT molecular complexity index is 815. The highest BCUT2D eigenvalue weighted by Crippen LogP contribution is 2.18. The Morgan fingerprint density at radius 3 is 2.52 bits per heavy atom. The second-order valence-electron chi connectivity index (χ2n) is 6.43. The van der Waals surface area contributed by atoms with Crippen LogP contribution in [-0.4, -0.2) is 77.9 Å². The minimum absolute atomic E-state index is 0.150. The number of benzene rings is 1. The number of hydrogen-bond donors (Lipinski definition) is 1. The molecule has 3 rings (SSSR count). The lowest BCUT2D eigenvalue weighted by atomic mass is 10.2. The molecule has 1 aromatic heterocycles. The second kappa shape index (κ2) is 9.63. The van der Waals surface area contributed by atoms with Crippen LogP contribution in [0.2, 0.25) is 0 Å². The maximum Gasteiger partial charge on any atom is 0.407 e. The van der Waals surface area contributed by atoms with Crippen LogP contribution >= 0.6 is 0 Å². The summed E-state index contributed by atoms with van der Waals surface area (Å²) in [6.07, 6.45) is 2.18. The Morgan fingerprint density at radius 1 is 1.10 bits per heavy atom. The first-order valence-corrected chi connectivity index (χ1v) is 9.14. The second-order valence-corrected chi connectivity index (χ2v) is 6.43. The number of hydrogen-bond acceptors (Lipinski definition) is 6. The van der Waals surface area contributed by atoms with E-state index in [0.29, 0.717) is 17.2 Å². The van der Waals surface area contributed by atoms with E-state index in [0.717, 1.165) is 0 Å². The number of amides is 2. The van der Waals surface area contributed by atoms with Crippen LogP contribution in [0.25, 0.3) is 0 Å². The van der Waals surface area contributed by atoms with E-state index in [1.54, 1.807) is 60.8 Å². The van der Waals surface area contributed by atoms with Crippen LogP contribution < -0.4 is 14.2 Å². The predicted octanol–water partition coefficient (Wildman–Crippen LogP) is 1.74. The van der Waals surface area contributed by atoms with Crippen LogP contribution in [0, 0.1) is 0 Å². The third-order valence-electron chi connectivity index (χ3n) is 4.57. The Balaban J connectivity index is 1.61. The van der Waals surface area contributed by atoms with Gasteiger partial charge >= 0.3 is 6.09 Å². The van der Waals surface area contributed by atoms with Crippen LogP contribution in [0.15, 0.2) is 48.8 Å². The van der Waals surface area contributed by atoms with E-state index in [2.05, 4.69) is 4.98 Å². The standard InChI is InChI=1S/C20H23N3O6/c1-27-16-4-6-17(7-5-16)29-14-19(24)23-10-9-22(20(25)26)12-15(23)13-28-18-3-2-8-21-11-18/h2-8,11,15H,9-10,12-14H2,1H3,(H,25,26). The van der Waals surface area contributed by atoms with Gasteiger partial charge in [0.1, 0.15) is 23.9 Å². The van der Waals surface area contributed by atoms with Gasteiger partial charge in [-0.1, -0.05) is 0 Å². The zero-order valence-corrected chi connectivity index (χ0v) is 16.1.